The zero-order chi connectivity index (χ0) is 16.9. The van der Waals surface area contributed by atoms with Gasteiger partial charge in [0.05, 0.1) is 10.6 Å². The predicted octanol–water partition coefficient (Wildman–Crippen LogP) is 3.86. The maximum absolute atomic E-state index is 13.4. The van der Waals surface area contributed by atoms with Gasteiger partial charge in [-0.3, -0.25) is 4.79 Å². The van der Waals surface area contributed by atoms with Crippen LogP contribution in [-0.2, 0) is 0 Å². The summed E-state index contributed by atoms with van der Waals surface area (Å²) in [6.07, 6.45) is 1.56. The van der Waals surface area contributed by atoms with Crippen molar-refractivity contribution in [2.75, 3.05) is 20.1 Å². The lowest BCUT2D eigenvalue weighted by atomic mass is 9.89. The molecule has 0 radical (unpaired) electrons. The van der Waals surface area contributed by atoms with Crippen molar-refractivity contribution in [1.29, 1.82) is 0 Å². The van der Waals surface area contributed by atoms with Crippen LogP contribution < -0.4 is 5.32 Å². The fourth-order valence-electron chi connectivity index (χ4n) is 2.30. The molecule has 0 aliphatic carbocycles. The van der Waals surface area contributed by atoms with Crippen LogP contribution in [0.5, 0.6) is 0 Å². The Morgan fingerprint density at radius 3 is 2.36 bits per heavy atom. The number of hydrogen-bond donors (Lipinski definition) is 1. The minimum atomic E-state index is -0.926. The Morgan fingerprint density at radius 2 is 1.82 bits per heavy atom. The molecule has 3 nitrogen and oxygen atoms in total. The van der Waals surface area contributed by atoms with E-state index in [1.165, 1.54) is 0 Å². The molecule has 0 spiro atoms. The van der Waals surface area contributed by atoms with Crippen LogP contribution >= 0.6 is 11.6 Å². The van der Waals surface area contributed by atoms with E-state index in [9.17, 15) is 13.6 Å². The van der Waals surface area contributed by atoms with Crippen LogP contribution in [0.15, 0.2) is 12.1 Å². The molecule has 1 saturated heterocycles. The van der Waals surface area contributed by atoms with Crippen LogP contribution in [0, 0.1) is 11.6 Å². The molecule has 1 aromatic rings. The van der Waals surface area contributed by atoms with Crippen LogP contribution in [0.1, 0.15) is 44.0 Å². The van der Waals surface area contributed by atoms with Gasteiger partial charge in [-0.15, -0.1) is 0 Å². The molecule has 0 aromatic heterocycles. The SMILES string of the molecule is CC.CN1CCC(C)(NC(=O)c2cc(F)cc(F)c2Cl)CC1. The maximum Gasteiger partial charge on any atom is 0.253 e. The highest BCUT2D eigenvalue weighted by Gasteiger charge is 2.31. The van der Waals surface area contributed by atoms with E-state index in [2.05, 4.69) is 10.2 Å². The molecular formula is C16H23ClF2N2O. The number of rotatable bonds is 2. The second-order valence-corrected chi connectivity index (χ2v) is 5.95. The van der Waals surface area contributed by atoms with Gasteiger partial charge in [0, 0.05) is 24.7 Å². The smallest absolute Gasteiger partial charge is 0.253 e. The summed E-state index contributed by atoms with van der Waals surface area (Å²) in [5.74, 6) is -2.28. The standard InChI is InChI=1S/C14H17ClF2N2O.C2H6/c1-14(3-5-19(2)6-4-14)18-13(20)10-7-9(16)8-11(17)12(10)15;1-2/h7-8H,3-6H2,1-2H3,(H,18,20);1-2H3. The Hall–Kier alpha value is -1.20. The molecule has 2 rings (SSSR count). The molecule has 1 N–H and O–H groups in total. The Kier molecular flexibility index (Phi) is 6.75. The molecule has 22 heavy (non-hydrogen) atoms. The van der Waals surface area contributed by atoms with Crippen LogP contribution in [0.25, 0.3) is 0 Å². The molecule has 1 aliphatic rings. The second kappa shape index (κ2) is 7.88. The molecule has 0 atom stereocenters. The third-order valence-corrected chi connectivity index (χ3v) is 4.13. The largest absolute Gasteiger partial charge is 0.347 e. The summed E-state index contributed by atoms with van der Waals surface area (Å²) in [5.41, 5.74) is -0.542. The third kappa shape index (κ3) is 4.65. The highest BCUT2D eigenvalue weighted by atomic mass is 35.5. The number of amides is 1. The van der Waals surface area contributed by atoms with Crippen molar-refractivity contribution >= 4 is 17.5 Å². The van der Waals surface area contributed by atoms with E-state index in [1.54, 1.807) is 0 Å². The summed E-state index contributed by atoms with van der Waals surface area (Å²) in [6.45, 7) is 7.66. The van der Waals surface area contributed by atoms with Crippen LogP contribution in [0.3, 0.4) is 0 Å². The Labute approximate surface area is 135 Å². The molecular weight excluding hydrogens is 310 g/mol. The highest BCUT2D eigenvalue weighted by molar-refractivity contribution is 6.34. The van der Waals surface area contributed by atoms with Gasteiger partial charge in [-0.25, -0.2) is 8.78 Å². The van der Waals surface area contributed by atoms with Crippen molar-refractivity contribution < 1.29 is 13.6 Å². The molecule has 1 heterocycles. The number of nitrogens with one attached hydrogen (secondary N) is 1. The summed E-state index contributed by atoms with van der Waals surface area (Å²) in [5, 5.41) is 2.50. The van der Waals surface area contributed by atoms with Gasteiger partial charge < -0.3 is 10.2 Å². The Bertz CT molecular complexity index is 529. The number of halogens is 3. The molecule has 0 bridgehead atoms. The van der Waals surface area contributed by atoms with E-state index in [0.717, 1.165) is 32.0 Å². The van der Waals surface area contributed by atoms with E-state index >= 15 is 0 Å². The van der Waals surface area contributed by atoms with Crippen LogP contribution in [-0.4, -0.2) is 36.5 Å². The summed E-state index contributed by atoms with van der Waals surface area (Å²) < 4.78 is 26.6. The van der Waals surface area contributed by atoms with Gasteiger partial charge in [-0.05, 0) is 32.9 Å². The summed E-state index contributed by atoms with van der Waals surface area (Å²) in [6, 6.07) is 1.62. The molecule has 1 aromatic carbocycles. The number of hydrogen-bond acceptors (Lipinski definition) is 2. The number of carbonyl (C=O) groups is 1. The average molecular weight is 333 g/mol. The van der Waals surface area contributed by atoms with E-state index < -0.39 is 17.5 Å². The van der Waals surface area contributed by atoms with Gasteiger partial charge in [0.15, 0.2) is 0 Å². The van der Waals surface area contributed by atoms with Crippen molar-refractivity contribution in [3.05, 3.63) is 34.4 Å². The van der Waals surface area contributed by atoms with E-state index in [1.807, 2.05) is 27.8 Å². The molecule has 0 unspecified atom stereocenters. The lowest BCUT2D eigenvalue weighted by molar-refractivity contribution is 0.0851. The zero-order valence-corrected chi connectivity index (χ0v) is 14.2. The van der Waals surface area contributed by atoms with Crippen molar-refractivity contribution in [2.45, 2.75) is 39.2 Å². The van der Waals surface area contributed by atoms with Gasteiger partial charge in [0.25, 0.3) is 5.91 Å². The molecule has 124 valence electrons. The Morgan fingerprint density at radius 1 is 1.27 bits per heavy atom. The summed E-state index contributed by atoms with van der Waals surface area (Å²) in [7, 11) is 2.01. The lowest BCUT2D eigenvalue weighted by Crippen LogP contribution is -2.52. The number of carbonyl (C=O) groups excluding carboxylic acids is 1. The van der Waals surface area contributed by atoms with E-state index in [4.69, 9.17) is 11.6 Å². The number of benzene rings is 1. The lowest BCUT2D eigenvalue weighted by Gasteiger charge is -2.38. The third-order valence-electron chi connectivity index (χ3n) is 3.74. The van der Waals surface area contributed by atoms with Crippen molar-refractivity contribution in [3.8, 4) is 0 Å². The normalized spacial score (nSPS) is 17.4. The summed E-state index contributed by atoms with van der Waals surface area (Å²) >= 11 is 5.74. The van der Waals surface area contributed by atoms with Gasteiger partial charge in [-0.1, -0.05) is 25.4 Å². The van der Waals surface area contributed by atoms with Crippen molar-refractivity contribution in [3.63, 3.8) is 0 Å². The minimum Gasteiger partial charge on any atom is -0.347 e. The van der Waals surface area contributed by atoms with Gasteiger partial charge in [0.1, 0.15) is 11.6 Å². The number of likely N-dealkylation sites (tertiary alicyclic amines) is 1. The topological polar surface area (TPSA) is 32.3 Å². The second-order valence-electron chi connectivity index (χ2n) is 5.57. The predicted molar refractivity (Wildman–Crippen MR) is 85.3 cm³/mol. The summed E-state index contributed by atoms with van der Waals surface area (Å²) in [4.78, 5) is 14.4. The minimum absolute atomic E-state index is 0.163. The van der Waals surface area contributed by atoms with E-state index in [-0.39, 0.29) is 16.1 Å². The van der Waals surface area contributed by atoms with Gasteiger partial charge in [-0.2, -0.15) is 0 Å². The highest BCUT2D eigenvalue weighted by Crippen LogP contribution is 2.25. The van der Waals surface area contributed by atoms with Crippen LogP contribution in [0.2, 0.25) is 5.02 Å². The molecule has 1 aliphatic heterocycles. The quantitative estimate of drug-likeness (QED) is 0.834. The van der Waals surface area contributed by atoms with Crippen LogP contribution in [0.4, 0.5) is 8.78 Å². The zero-order valence-electron chi connectivity index (χ0n) is 13.5. The fourth-order valence-corrected chi connectivity index (χ4v) is 2.49. The number of nitrogens with zero attached hydrogens (tertiary/aromatic N) is 1. The van der Waals surface area contributed by atoms with Gasteiger partial charge >= 0.3 is 0 Å². The molecule has 0 saturated carbocycles. The first-order valence-corrected chi connectivity index (χ1v) is 7.84. The number of piperidine rings is 1. The fraction of sp³-hybridized carbons (Fsp3) is 0.562. The molecule has 1 amide bonds. The van der Waals surface area contributed by atoms with Crippen molar-refractivity contribution in [1.82, 2.24) is 10.2 Å². The first kappa shape index (κ1) is 18.8. The van der Waals surface area contributed by atoms with E-state index in [0.29, 0.717) is 6.07 Å². The first-order chi connectivity index (χ1) is 10.3. The molecule has 1 fully saturated rings. The monoisotopic (exact) mass is 332 g/mol. The van der Waals surface area contributed by atoms with Gasteiger partial charge in [0.2, 0.25) is 0 Å². The Balaban J connectivity index is 0.00000116. The average Bonchev–Trinajstić information content (AvgIpc) is 2.48. The maximum atomic E-state index is 13.4. The molecule has 6 heteroatoms. The van der Waals surface area contributed by atoms with Crippen molar-refractivity contribution in [2.24, 2.45) is 0 Å². The first-order valence-electron chi connectivity index (χ1n) is 7.46.